The maximum Gasteiger partial charge on any atom is 0.251 e. The van der Waals surface area contributed by atoms with Gasteiger partial charge in [0.15, 0.2) is 0 Å². The van der Waals surface area contributed by atoms with Gasteiger partial charge in [-0.25, -0.2) is 4.98 Å². The van der Waals surface area contributed by atoms with Crippen LogP contribution in [0.2, 0.25) is 0 Å². The number of hydrogen-bond donors (Lipinski definition) is 2. The fraction of sp³-hybridized carbons (Fsp3) is 0.733. The van der Waals surface area contributed by atoms with E-state index in [4.69, 9.17) is 9.47 Å². The Morgan fingerprint density at radius 3 is 3.00 bits per heavy atom. The zero-order chi connectivity index (χ0) is 14.7. The van der Waals surface area contributed by atoms with Crippen LogP contribution in [-0.4, -0.2) is 41.4 Å². The molecule has 21 heavy (non-hydrogen) atoms. The molecule has 0 radical (unpaired) electrons. The molecule has 2 saturated heterocycles. The molecule has 6 heteroatoms. The van der Waals surface area contributed by atoms with Gasteiger partial charge in [0, 0.05) is 38.5 Å². The average Bonchev–Trinajstić information content (AvgIpc) is 2.45. The van der Waals surface area contributed by atoms with Crippen molar-refractivity contribution in [2.45, 2.75) is 50.8 Å². The standard InChI is InChI=1S/C15H23N3O3/c1-11-17-13(8-14(19)18-11)10-16-12-2-5-21-15(9-12)3-6-20-7-4-15/h8,12,16H,2-7,9-10H2,1H3,(H,17,18,19). The van der Waals surface area contributed by atoms with Crippen LogP contribution in [0.4, 0.5) is 0 Å². The van der Waals surface area contributed by atoms with Crippen LogP contribution < -0.4 is 10.9 Å². The maximum atomic E-state index is 11.4. The van der Waals surface area contributed by atoms with Crippen LogP contribution in [0.25, 0.3) is 0 Å². The molecule has 2 aliphatic rings. The number of aryl methyl sites for hydroxylation is 1. The molecule has 0 saturated carbocycles. The highest BCUT2D eigenvalue weighted by Gasteiger charge is 2.38. The van der Waals surface area contributed by atoms with Gasteiger partial charge in [0.25, 0.3) is 5.56 Å². The minimum Gasteiger partial charge on any atom is -0.381 e. The van der Waals surface area contributed by atoms with Crippen molar-refractivity contribution in [2.24, 2.45) is 0 Å². The lowest BCUT2D eigenvalue weighted by atomic mass is 9.84. The lowest BCUT2D eigenvalue weighted by Crippen LogP contribution is -2.49. The molecule has 2 fully saturated rings. The summed E-state index contributed by atoms with van der Waals surface area (Å²) in [4.78, 5) is 18.5. The summed E-state index contributed by atoms with van der Waals surface area (Å²) in [5.74, 6) is 0.659. The fourth-order valence-electron chi connectivity index (χ4n) is 3.27. The highest BCUT2D eigenvalue weighted by atomic mass is 16.5. The molecule has 0 amide bonds. The van der Waals surface area contributed by atoms with Gasteiger partial charge in [-0.2, -0.15) is 0 Å². The Morgan fingerprint density at radius 2 is 2.24 bits per heavy atom. The Labute approximate surface area is 124 Å². The van der Waals surface area contributed by atoms with E-state index in [1.807, 2.05) is 0 Å². The van der Waals surface area contributed by atoms with Crippen molar-refractivity contribution >= 4 is 0 Å². The molecule has 2 aliphatic heterocycles. The molecule has 6 nitrogen and oxygen atoms in total. The zero-order valence-electron chi connectivity index (χ0n) is 12.5. The third kappa shape index (κ3) is 3.70. The van der Waals surface area contributed by atoms with Crippen molar-refractivity contribution < 1.29 is 9.47 Å². The Kier molecular flexibility index (Phi) is 4.37. The Balaban J connectivity index is 1.58. The smallest absolute Gasteiger partial charge is 0.251 e. The van der Waals surface area contributed by atoms with E-state index >= 15 is 0 Å². The van der Waals surface area contributed by atoms with E-state index in [2.05, 4.69) is 15.3 Å². The number of H-pyrrole nitrogens is 1. The molecule has 0 aromatic carbocycles. The lowest BCUT2D eigenvalue weighted by Gasteiger charge is -2.43. The first-order valence-corrected chi connectivity index (χ1v) is 7.67. The number of nitrogens with zero attached hydrogens (tertiary/aromatic N) is 1. The van der Waals surface area contributed by atoms with E-state index in [1.165, 1.54) is 0 Å². The molecule has 116 valence electrons. The molecular weight excluding hydrogens is 270 g/mol. The van der Waals surface area contributed by atoms with Gasteiger partial charge in [-0.05, 0) is 32.6 Å². The molecule has 1 atom stereocenters. The molecule has 1 aromatic rings. The Bertz CT molecular complexity index is 532. The average molecular weight is 293 g/mol. The maximum absolute atomic E-state index is 11.4. The van der Waals surface area contributed by atoms with Gasteiger partial charge < -0.3 is 19.8 Å². The summed E-state index contributed by atoms with van der Waals surface area (Å²) in [6, 6.07) is 1.97. The van der Waals surface area contributed by atoms with Crippen molar-refractivity contribution in [2.75, 3.05) is 19.8 Å². The minimum absolute atomic E-state index is 0.00826. The van der Waals surface area contributed by atoms with Gasteiger partial charge in [0.05, 0.1) is 11.3 Å². The van der Waals surface area contributed by atoms with Crippen LogP contribution in [-0.2, 0) is 16.0 Å². The molecule has 1 aromatic heterocycles. The predicted octanol–water partition coefficient (Wildman–Crippen LogP) is 0.896. The predicted molar refractivity (Wildman–Crippen MR) is 78.2 cm³/mol. The number of rotatable bonds is 3. The first kappa shape index (κ1) is 14.7. The second-order valence-electron chi connectivity index (χ2n) is 6.04. The summed E-state index contributed by atoms with van der Waals surface area (Å²) in [6.45, 7) is 4.81. The fourth-order valence-corrected chi connectivity index (χ4v) is 3.27. The van der Waals surface area contributed by atoms with Gasteiger partial charge in [0.1, 0.15) is 5.82 Å². The largest absolute Gasteiger partial charge is 0.381 e. The molecule has 1 spiro atoms. The number of aromatic nitrogens is 2. The van der Waals surface area contributed by atoms with Crippen molar-refractivity contribution in [3.8, 4) is 0 Å². The van der Waals surface area contributed by atoms with Gasteiger partial charge in [-0.1, -0.05) is 0 Å². The molecule has 3 rings (SSSR count). The molecular formula is C15H23N3O3. The van der Waals surface area contributed by atoms with Gasteiger partial charge in [0.2, 0.25) is 0 Å². The van der Waals surface area contributed by atoms with Crippen LogP contribution in [0.1, 0.15) is 37.2 Å². The van der Waals surface area contributed by atoms with E-state index in [9.17, 15) is 4.79 Å². The number of ether oxygens (including phenoxy) is 2. The first-order valence-electron chi connectivity index (χ1n) is 7.67. The van der Waals surface area contributed by atoms with Crippen molar-refractivity contribution in [3.05, 3.63) is 27.9 Å². The topological polar surface area (TPSA) is 76.2 Å². The summed E-state index contributed by atoms with van der Waals surface area (Å²) >= 11 is 0. The van der Waals surface area contributed by atoms with Crippen molar-refractivity contribution in [1.29, 1.82) is 0 Å². The number of nitrogens with one attached hydrogen (secondary N) is 2. The van der Waals surface area contributed by atoms with E-state index in [0.29, 0.717) is 18.4 Å². The highest BCUT2D eigenvalue weighted by molar-refractivity contribution is 5.02. The van der Waals surface area contributed by atoms with Crippen molar-refractivity contribution in [1.82, 2.24) is 15.3 Å². The van der Waals surface area contributed by atoms with Crippen LogP contribution in [0.3, 0.4) is 0 Å². The second kappa shape index (κ2) is 6.25. The molecule has 0 aliphatic carbocycles. The molecule has 1 unspecified atom stereocenters. The zero-order valence-corrected chi connectivity index (χ0v) is 12.5. The SMILES string of the molecule is Cc1nc(CNC2CCOC3(CCOCC3)C2)cc(=O)[nH]1. The summed E-state index contributed by atoms with van der Waals surface area (Å²) < 4.78 is 11.5. The number of aromatic amines is 1. The van der Waals surface area contributed by atoms with E-state index in [1.54, 1.807) is 13.0 Å². The molecule has 0 bridgehead atoms. The van der Waals surface area contributed by atoms with Gasteiger partial charge in [-0.3, -0.25) is 4.79 Å². The van der Waals surface area contributed by atoms with Crippen LogP contribution in [0.15, 0.2) is 10.9 Å². The normalized spacial score (nSPS) is 25.1. The van der Waals surface area contributed by atoms with Crippen molar-refractivity contribution in [3.63, 3.8) is 0 Å². The second-order valence-corrected chi connectivity index (χ2v) is 6.04. The number of hydrogen-bond acceptors (Lipinski definition) is 5. The van der Waals surface area contributed by atoms with Crippen LogP contribution in [0.5, 0.6) is 0 Å². The summed E-state index contributed by atoms with van der Waals surface area (Å²) in [7, 11) is 0. The first-order chi connectivity index (χ1) is 10.2. The van der Waals surface area contributed by atoms with E-state index < -0.39 is 0 Å². The quantitative estimate of drug-likeness (QED) is 0.866. The summed E-state index contributed by atoms with van der Waals surface area (Å²) in [5.41, 5.74) is 0.696. The van der Waals surface area contributed by atoms with Gasteiger partial charge in [-0.15, -0.1) is 0 Å². The van der Waals surface area contributed by atoms with E-state index in [0.717, 1.165) is 51.2 Å². The third-order valence-corrected chi connectivity index (χ3v) is 4.38. The monoisotopic (exact) mass is 293 g/mol. The van der Waals surface area contributed by atoms with Crippen LogP contribution >= 0.6 is 0 Å². The van der Waals surface area contributed by atoms with Crippen LogP contribution in [0, 0.1) is 6.92 Å². The Morgan fingerprint density at radius 1 is 1.43 bits per heavy atom. The van der Waals surface area contributed by atoms with E-state index in [-0.39, 0.29) is 11.2 Å². The molecule has 2 N–H and O–H groups in total. The summed E-state index contributed by atoms with van der Waals surface area (Å²) in [6.07, 6.45) is 3.98. The lowest BCUT2D eigenvalue weighted by molar-refractivity contribution is -0.140. The Hall–Kier alpha value is -1.24. The minimum atomic E-state index is -0.0906. The summed E-state index contributed by atoms with van der Waals surface area (Å²) in [5, 5.41) is 3.53. The van der Waals surface area contributed by atoms with Gasteiger partial charge >= 0.3 is 0 Å². The third-order valence-electron chi connectivity index (χ3n) is 4.38. The molecule has 3 heterocycles. The highest BCUT2D eigenvalue weighted by Crippen LogP contribution is 2.34.